The van der Waals surface area contributed by atoms with Crippen LogP contribution in [0.4, 0.5) is 19.0 Å². The van der Waals surface area contributed by atoms with Crippen molar-refractivity contribution in [3.05, 3.63) is 12.4 Å². The smallest absolute Gasteiger partial charge is 0.395 e. The molecule has 0 radical (unpaired) electrons. The predicted molar refractivity (Wildman–Crippen MR) is 58.3 cm³/mol. The minimum atomic E-state index is -4.78. The van der Waals surface area contributed by atoms with Crippen LogP contribution < -0.4 is 9.64 Å². The molecule has 0 aromatic carbocycles. The number of hydrogen-bond acceptors (Lipinski definition) is 5. The highest BCUT2D eigenvalue weighted by Gasteiger charge is 2.32. The van der Waals surface area contributed by atoms with Crippen molar-refractivity contribution in [2.45, 2.75) is 26.3 Å². The lowest BCUT2D eigenvalue weighted by Crippen LogP contribution is -2.34. The Morgan fingerprint density at radius 2 is 2.00 bits per heavy atom. The molecule has 1 heterocycles. The molecule has 0 unspecified atom stereocenters. The van der Waals surface area contributed by atoms with E-state index in [1.54, 1.807) is 4.90 Å². The molecule has 0 saturated carbocycles. The van der Waals surface area contributed by atoms with E-state index < -0.39 is 12.2 Å². The third-order valence-electron chi connectivity index (χ3n) is 2.09. The maximum atomic E-state index is 11.9. The Balaban J connectivity index is 2.80. The molecule has 0 aliphatic rings. The highest BCUT2D eigenvalue weighted by atomic mass is 19.4. The average molecular weight is 265 g/mol. The van der Waals surface area contributed by atoms with Crippen LogP contribution in [0.2, 0.25) is 0 Å². The number of alkyl halides is 3. The standard InChI is InChI=1S/C10H14F3N3O2/c1-7(2)16(3-4-17)8-5-15-9(6-14-8)18-10(11,12)13/h5-7,17H,3-4H2,1-2H3. The second-order valence-electron chi connectivity index (χ2n) is 3.77. The Morgan fingerprint density at radius 1 is 1.33 bits per heavy atom. The molecular formula is C10H14F3N3O2. The van der Waals surface area contributed by atoms with Crippen LogP contribution in [0.25, 0.3) is 0 Å². The summed E-state index contributed by atoms with van der Waals surface area (Å²) in [6.07, 6.45) is -2.70. The first-order valence-electron chi connectivity index (χ1n) is 5.29. The lowest BCUT2D eigenvalue weighted by Gasteiger charge is -2.26. The Hall–Kier alpha value is -1.57. The van der Waals surface area contributed by atoms with Crippen molar-refractivity contribution in [1.29, 1.82) is 0 Å². The summed E-state index contributed by atoms with van der Waals surface area (Å²) in [6, 6.07) is 0.0424. The Kier molecular flexibility index (Phi) is 4.71. The van der Waals surface area contributed by atoms with Crippen molar-refractivity contribution in [3.8, 4) is 5.88 Å². The van der Waals surface area contributed by atoms with Crippen molar-refractivity contribution >= 4 is 5.82 Å². The van der Waals surface area contributed by atoms with Crippen molar-refractivity contribution in [1.82, 2.24) is 9.97 Å². The summed E-state index contributed by atoms with van der Waals surface area (Å²) in [4.78, 5) is 9.06. The third-order valence-corrected chi connectivity index (χ3v) is 2.09. The zero-order valence-corrected chi connectivity index (χ0v) is 9.98. The minimum absolute atomic E-state index is 0.0424. The monoisotopic (exact) mass is 265 g/mol. The van der Waals surface area contributed by atoms with E-state index in [0.717, 1.165) is 6.20 Å². The molecule has 0 aliphatic carbocycles. The first-order valence-corrected chi connectivity index (χ1v) is 5.29. The molecule has 1 aromatic heterocycles. The summed E-state index contributed by atoms with van der Waals surface area (Å²) < 4.78 is 39.4. The minimum Gasteiger partial charge on any atom is -0.395 e. The molecule has 1 rings (SSSR count). The van der Waals surface area contributed by atoms with E-state index in [9.17, 15) is 13.2 Å². The summed E-state index contributed by atoms with van der Waals surface area (Å²) in [5.74, 6) is -0.229. The second-order valence-corrected chi connectivity index (χ2v) is 3.77. The topological polar surface area (TPSA) is 58.5 Å². The summed E-state index contributed by atoms with van der Waals surface area (Å²) in [5.41, 5.74) is 0. The van der Waals surface area contributed by atoms with Gasteiger partial charge in [0.2, 0.25) is 5.88 Å². The second kappa shape index (κ2) is 5.85. The van der Waals surface area contributed by atoms with Crippen molar-refractivity contribution < 1.29 is 23.0 Å². The van der Waals surface area contributed by atoms with Gasteiger partial charge in [0.15, 0.2) is 0 Å². The molecule has 0 aliphatic heterocycles. The fraction of sp³-hybridized carbons (Fsp3) is 0.600. The van der Waals surface area contributed by atoms with E-state index in [1.165, 1.54) is 6.20 Å². The molecule has 1 N–H and O–H groups in total. The van der Waals surface area contributed by atoms with Crippen molar-refractivity contribution in [3.63, 3.8) is 0 Å². The summed E-state index contributed by atoms with van der Waals surface area (Å²) >= 11 is 0. The molecule has 18 heavy (non-hydrogen) atoms. The number of anilines is 1. The highest BCUT2D eigenvalue weighted by Crippen LogP contribution is 2.21. The van der Waals surface area contributed by atoms with Crippen LogP contribution in [0.5, 0.6) is 5.88 Å². The SMILES string of the molecule is CC(C)N(CCO)c1cnc(OC(F)(F)F)cn1. The number of rotatable bonds is 5. The zero-order chi connectivity index (χ0) is 13.8. The van der Waals surface area contributed by atoms with Gasteiger partial charge in [0.05, 0.1) is 19.0 Å². The van der Waals surface area contributed by atoms with Gasteiger partial charge >= 0.3 is 6.36 Å². The van der Waals surface area contributed by atoms with Gasteiger partial charge < -0.3 is 14.7 Å². The lowest BCUT2D eigenvalue weighted by atomic mass is 10.3. The molecule has 0 saturated heterocycles. The average Bonchev–Trinajstić information content (AvgIpc) is 2.25. The number of nitrogens with zero attached hydrogens (tertiary/aromatic N) is 3. The maximum Gasteiger partial charge on any atom is 0.574 e. The molecule has 0 bridgehead atoms. The van der Waals surface area contributed by atoms with Gasteiger partial charge in [-0.3, -0.25) is 0 Å². The van der Waals surface area contributed by atoms with Crippen LogP contribution in [-0.2, 0) is 0 Å². The molecule has 5 nitrogen and oxygen atoms in total. The number of ether oxygens (including phenoxy) is 1. The van der Waals surface area contributed by atoms with Gasteiger partial charge in [0.25, 0.3) is 0 Å². The van der Waals surface area contributed by atoms with Crippen molar-refractivity contribution in [2.75, 3.05) is 18.1 Å². The summed E-state index contributed by atoms with van der Waals surface area (Å²) in [7, 11) is 0. The molecule has 0 spiro atoms. The summed E-state index contributed by atoms with van der Waals surface area (Å²) in [5, 5.41) is 8.89. The van der Waals surface area contributed by atoms with Gasteiger partial charge in [-0.05, 0) is 13.8 Å². The lowest BCUT2D eigenvalue weighted by molar-refractivity contribution is -0.276. The van der Waals surface area contributed by atoms with E-state index in [2.05, 4.69) is 14.7 Å². The molecule has 102 valence electrons. The van der Waals surface area contributed by atoms with Crippen LogP contribution in [0, 0.1) is 0 Å². The van der Waals surface area contributed by atoms with E-state index in [-0.39, 0.29) is 12.6 Å². The largest absolute Gasteiger partial charge is 0.574 e. The van der Waals surface area contributed by atoms with Crippen LogP contribution in [0.1, 0.15) is 13.8 Å². The Bertz CT molecular complexity index is 368. The Morgan fingerprint density at radius 3 is 2.39 bits per heavy atom. The van der Waals surface area contributed by atoms with Crippen LogP contribution in [0.3, 0.4) is 0 Å². The zero-order valence-electron chi connectivity index (χ0n) is 9.98. The van der Waals surface area contributed by atoms with Crippen LogP contribution in [0.15, 0.2) is 12.4 Å². The molecule has 0 fully saturated rings. The summed E-state index contributed by atoms with van der Waals surface area (Å²) in [6.45, 7) is 3.99. The van der Waals surface area contributed by atoms with E-state index >= 15 is 0 Å². The number of hydrogen-bond donors (Lipinski definition) is 1. The normalized spacial score (nSPS) is 11.7. The first kappa shape index (κ1) is 14.5. The Labute approximate surface area is 102 Å². The predicted octanol–water partition coefficient (Wildman–Crippen LogP) is 1.58. The van der Waals surface area contributed by atoms with E-state index in [4.69, 9.17) is 5.11 Å². The molecule has 1 aromatic rings. The third kappa shape index (κ3) is 4.36. The first-order chi connectivity index (χ1) is 8.33. The molecular weight excluding hydrogens is 251 g/mol. The number of aliphatic hydroxyl groups excluding tert-OH is 1. The van der Waals surface area contributed by atoms with Gasteiger partial charge in [-0.15, -0.1) is 13.2 Å². The number of aliphatic hydroxyl groups is 1. The van der Waals surface area contributed by atoms with Gasteiger partial charge in [-0.25, -0.2) is 9.97 Å². The quantitative estimate of drug-likeness (QED) is 0.876. The van der Waals surface area contributed by atoms with Gasteiger partial charge in [0, 0.05) is 12.6 Å². The molecule has 0 atom stereocenters. The number of halogens is 3. The molecule has 0 amide bonds. The van der Waals surface area contributed by atoms with Crippen LogP contribution >= 0.6 is 0 Å². The van der Waals surface area contributed by atoms with Gasteiger partial charge in [0.1, 0.15) is 5.82 Å². The number of aromatic nitrogens is 2. The van der Waals surface area contributed by atoms with Gasteiger partial charge in [-0.1, -0.05) is 0 Å². The van der Waals surface area contributed by atoms with Crippen LogP contribution in [-0.4, -0.2) is 40.6 Å². The molecule has 8 heteroatoms. The fourth-order valence-corrected chi connectivity index (χ4v) is 1.37. The van der Waals surface area contributed by atoms with Gasteiger partial charge in [-0.2, -0.15) is 0 Å². The van der Waals surface area contributed by atoms with E-state index in [1.807, 2.05) is 13.8 Å². The van der Waals surface area contributed by atoms with E-state index in [0.29, 0.717) is 12.4 Å². The maximum absolute atomic E-state index is 11.9. The van der Waals surface area contributed by atoms with Crippen molar-refractivity contribution in [2.24, 2.45) is 0 Å². The fourth-order valence-electron chi connectivity index (χ4n) is 1.37. The highest BCUT2D eigenvalue weighted by molar-refractivity contribution is 5.37.